The van der Waals surface area contributed by atoms with Crippen LogP contribution in [0.15, 0.2) is 28.7 Å². The Labute approximate surface area is 116 Å². The first kappa shape index (κ1) is 13.4. The van der Waals surface area contributed by atoms with E-state index in [1.165, 1.54) is 6.42 Å². The first-order valence-electron chi connectivity index (χ1n) is 6.35. The second kappa shape index (κ2) is 5.31. The molecule has 0 radical (unpaired) electrons. The van der Waals surface area contributed by atoms with Gasteiger partial charge in [0.25, 0.3) is 0 Å². The fourth-order valence-electron chi connectivity index (χ4n) is 2.79. The molecule has 1 aromatic rings. The molecule has 3 nitrogen and oxygen atoms in total. The highest BCUT2D eigenvalue weighted by molar-refractivity contribution is 9.10. The third-order valence-corrected chi connectivity index (χ3v) is 4.17. The molecule has 1 aliphatic carbocycles. The van der Waals surface area contributed by atoms with Gasteiger partial charge in [0.05, 0.1) is 0 Å². The van der Waals surface area contributed by atoms with Crippen molar-refractivity contribution in [1.82, 2.24) is 0 Å². The Morgan fingerprint density at radius 1 is 1.56 bits per heavy atom. The fraction of sp³-hybridized carbons (Fsp3) is 0.500. The van der Waals surface area contributed by atoms with Gasteiger partial charge in [-0.05, 0) is 37.0 Å². The van der Waals surface area contributed by atoms with Gasteiger partial charge in [-0.15, -0.1) is 0 Å². The molecule has 1 fully saturated rings. The predicted molar refractivity (Wildman–Crippen MR) is 77.3 cm³/mol. The van der Waals surface area contributed by atoms with Gasteiger partial charge in [0.2, 0.25) is 5.91 Å². The number of nitrogens with one attached hydrogen (secondary N) is 1. The molecule has 1 amide bonds. The van der Waals surface area contributed by atoms with Gasteiger partial charge in [0.1, 0.15) is 5.54 Å². The van der Waals surface area contributed by atoms with Gasteiger partial charge in [-0.2, -0.15) is 0 Å². The molecule has 2 unspecified atom stereocenters. The zero-order chi connectivity index (χ0) is 13.2. The maximum Gasteiger partial charge on any atom is 0.243 e. The van der Waals surface area contributed by atoms with Crippen LogP contribution in [0.25, 0.3) is 0 Å². The molecule has 1 aliphatic rings. The fourth-order valence-corrected chi connectivity index (χ4v) is 3.19. The van der Waals surface area contributed by atoms with Crippen molar-refractivity contribution in [2.75, 3.05) is 5.32 Å². The molecule has 3 N–H and O–H groups in total. The van der Waals surface area contributed by atoms with Crippen LogP contribution in [-0.4, -0.2) is 11.4 Å². The normalized spacial score (nSPS) is 27.8. The van der Waals surface area contributed by atoms with E-state index in [4.69, 9.17) is 5.73 Å². The average molecular weight is 311 g/mol. The van der Waals surface area contributed by atoms with Gasteiger partial charge < -0.3 is 11.1 Å². The van der Waals surface area contributed by atoms with Crippen molar-refractivity contribution in [2.24, 2.45) is 11.7 Å². The summed E-state index contributed by atoms with van der Waals surface area (Å²) in [6.07, 6.45) is 3.86. The maximum absolute atomic E-state index is 11.9. The van der Waals surface area contributed by atoms with Crippen molar-refractivity contribution in [1.29, 1.82) is 0 Å². The minimum Gasteiger partial charge on any atom is -0.371 e. The Kier molecular flexibility index (Phi) is 3.95. The monoisotopic (exact) mass is 310 g/mol. The van der Waals surface area contributed by atoms with E-state index >= 15 is 0 Å². The maximum atomic E-state index is 11.9. The van der Waals surface area contributed by atoms with Crippen LogP contribution in [0.3, 0.4) is 0 Å². The average Bonchev–Trinajstić information content (AvgIpc) is 2.28. The number of anilines is 1. The lowest BCUT2D eigenvalue weighted by atomic mass is 9.75. The Hall–Kier alpha value is -1.03. The molecule has 18 heavy (non-hydrogen) atoms. The van der Waals surface area contributed by atoms with Crippen LogP contribution in [0.4, 0.5) is 5.69 Å². The largest absolute Gasteiger partial charge is 0.371 e. The molecule has 4 heteroatoms. The van der Waals surface area contributed by atoms with Crippen molar-refractivity contribution in [3.05, 3.63) is 28.7 Å². The summed E-state index contributed by atoms with van der Waals surface area (Å²) in [6.45, 7) is 2.18. The number of carbonyl (C=O) groups is 1. The Bertz CT molecular complexity index is 449. The molecule has 0 bridgehead atoms. The zero-order valence-electron chi connectivity index (χ0n) is 10.6. The highest BCUT2D eigenvalue weighted by Crippen LogP contribution is 2.35. The molecule has 2 atom stereocenters. The van der Waals surface area contributed by atoms with E-state index in [-0.39, 0.29) is 5.91 Å². The summed E-state index contributed by atoms with van der Waals surface area (Å²) in [4.78, 5) is 11.9. The lowest BCUT2D eigenvalue weighted by molar-refractivity contribution is -0.123. The van der Waals surface area contributed by atoms with Gasteiger partial charge in [-0.25, -0.2) is 0 Å². The third kappa shape index (κ3) is 2.86. The van der Waals surface area contributed by atoms with E-state index in [0.717, 1.165) is 29.4 Å². The summed E-state index contributed by atoms with van der Waals surface area (Å²) < 4.78 is 0.996. The zero-order valence-corrected chi connectivity index (χ0v) is 12.2. The molecule has 0 heterocycles. The summed E-state index contributed by atoms with van der Waals surface area (Å²) in [5, 5.41) is 3.36. The second-order valence-electron chi connectivity index (χ2n) is 5.28. The Balaban J connectivity index is 2.23. The van der Waals surface area contributed by atoms with Crippen molar-refractivity contribution < 1.29 is 4.79 Å². The standard InChI is InChI=1S/C14H19BrN2O/c1-10-4-3-7-14(9-10,13(16)18)17-12-6-2-5-11(15)8-12/h2,5-6,8,10,17H,3-4,7,9H2,1H3,(H2,16,18). The van der Waals surface area contributed by atoms with Gasteiger partial charge in [0.15, 0.2) is 0 Å². The number of amides is 1. The molecular formula is C14H19BrN2O. The van der Waals surface area contributed by atoms with Crippen LogP contribution >= 0.6 is 15.9 Å². The molecule has 0 spiro atoms. The summed E-state index contributed by atoms with van der Waals surface area (Å²) >= 11 is 3.44. The van der Waals surface area contributed by atoms with E-state index in [1.54, 1.807) is 0 Å². The van der Waals surface area contributed by atoms with Gasteiger partial charge >= 0.3 is 0 Å². The van der Waals surface area contributed by atoms with Crippen LogP contribution in [0.5, 0.6) is 0 Å². The van der Waals surface area contributed by atoms with E-state index in [0.29, 0.717) is 5.92 Å². The van der Waals surface area contributed by atoms with Gasteiger partial charge in [-0.1, -0.05) is 41.8 Å². The number of rotatable bonds is 3. The summed E-state index contributed by atoms with van der Waals surface area (Å²) in [5.41, 5.74) is 5.99. The summed E-state index contributed by atoms with van der Waals surface area (Å²) in [7, 11) is 0. The van der Waals surface area contributed by atoms with Crippen molar-refractivity contribution in [2.45, 2.75) is 38.1 Å². The first-order chi connectivity index (χ1) is 8.52. The topological polar surface area (TPSA) is 55.1 Å². The minimum absolute atomic E-state index is 0.242. The number of nitrogens with two attached hydrogens (primary N) is 1. The second-order valence-corrected chi connectivity index (χ2v) is 6.20. The Morgan fingerprint density at radius 3 is 2.94 bits per heavy atom. The molecule has 0 aliphatic heterocycles. The van der Waals surface area contributed by atoms with Crippen LogP contribution in [0, 0.1) is 5.92 Å². The van der Waals surface area contributed by atoms with Gasteiger partial charge in [-0.3, -0.25) is 4.79 Å². The smallest absolute Gasteiger partial charge is 0.243 e. The molecule has 2 rings (SSSR count). The molecule has 0 aromatic heterocycles. The van der Waals surface area contributed by atoms with Gasteiger partial charge in [0, 0.05) is 10.2 Å². The van der Waals surface area contributed by atoms with E-state index < -0.39 is 5.54 Å². The lowest BCUT2D eigenvalue weighted by Gasteiger charge is -2.38. The quantitative estimate of drug-likeness (QED) is 0.900. The molecule has 1 saturated carbocycles. The van der Waals surface area contributed by atoms with Crippen molar-refractivity contribution >= 4 is 27.5 Å². The van der Waals surface area contributed by atoms with Crippen molar-refractivity contribution in [3.63, 3.8) is 0 Å². The molecule has 98 valence electrons. The summed E-state index contributed by atoms with van der Waals surface area (Å²) in [6, 6.07) is 7.86. The predicted octanol–water partition coefficient (Wildman–Crippen LogP) is 3.30. The van der Waals surface area contributed by atoms with Crippen molar-refractivity contribution in [3.8, 4) is 0 Å². The highest BCUT2D eigenvalue weighted by Gasteiger charge is 2.40. The van der Waals surface area contributed by atoms with Crippen LogP contribution < -0.4 is 11.1 Å². The van der Waals surface area contributed by atoms with E-state index in [9.17, 15) is 4.79 Å². The number of carbonyl (C=O) groups excluding carboxylic acids is 1. The lowest BCUT2D eigenvalue weighted by Crippen LogP contribution is -2.53. The van der Waals surface area contributed by atoms with Crippen LogP contribution in [0.2, 0.25) is 0 Å². The molecule has 0 saturated heterocycles. The third-order valence-electron chi connectivity index (χ3n) is 3.68. The molecular weight excluding hydrogens is 292 g/mol. The summed E-state index contributed by atoms with van der Waals surface area (Å²) in [5.74, 6) is 0.292. The minimum atomic E-state index is -0.585. The number of benzene rings is 1. The number of halogens is 1. The van der Waals surface area contributed by atoms with E-state index in [2.05, 4.69) is 28.2 Å². The molecule has 1 aromatic carbocycles. The van der Waals surface area contributed by atoms with E-state index in [1.807, 2.05) is 24.3 Å². The van der Waals surface area contributed by atoms with Crippen LogP contribution in [0.1, 0.15) is 32.6 Å². The number of primary amides is 1. The number of hydrogen-bond donors (Lipinski definition) is 2. The Morgan fingerprint density at radius 2 is 2.33 bits per heavy atom. The number of hydrogen-bond acceptors (Lipinski definition) is 2. The first-order valence-corrected chi connectivity index (χ1v) is 7.15. The SMILES string of the molecule is CC1CCCC(Nc2cccc(Br)c2)(C(N)=O)C1. The highest BCUT2D eigenvalue weighted by atomic mass is 79.9. The van der Waals surface area contributed by atoms with Crippen LogP contribution in [-0.2, 0) is 4.79 Å².